The summed E-state index contributed by atoms with van der Waals surface area (Å²) in [7, 11) is 4.16. The van der Waals surface area contributed by atoms with Crippen molar-refractivity contribution in [3.05, 3.63) is 54.4 Å². The Balaban J connectivity index is 1.42. The molecule has 0 aliphatic carbocycles. The quantitative estimate of drug-likeness (QED) is 0.399. The van der Waals surface area contributed by atoms with Crippen LogP contribution < -0.4 is 5.32 Å². The fourth-order valence-corrected chi connectivity index (χ4v) is 5.26. The van der Waals surface area contributed by atoms with E-state index < -0.39 is 0 Å². The monoisotopic (exact) mass is 466 g/mol. The number of likely N-dealkylation sites (tertiary alicyclic amines) is 1. The molecule has 8 nitrogen and oxygen atoms in total. The molecule has 0 bridgehead atoms. The number of piperidine rings is 1. The van der Waals surface area contributed by atoms with Crippen LogP contribution in [-0.4, -0.2) is 60.8 Å². The van der Waals surface area contributed by atoms with Crippen LogP contribution in [0, 0.1) is 13.8 Å². The van der Waals surface area contributed by atoms with E-state index in [4.69, 9.17) is 4.98 Å². The zero-order valence-electron chi connectivity index (χ0n) is 20.6. The Labute approximate surface area is 204 Å². The molecular formula is C27H30N8. The number of benzene rings is 1. The van der Waals surface area contributed by atoms with Crippen molar-refractivity contribution in [3.63, 3.8) is 0 Å². The van der Waals surface area contributed by atoms with Crippen molar-refractivity contribution in [2.24, 2.45) is 7.05 Å². The number of nitrogens with one attached hydrogen (secondary N) is 2. The standard InChI is InChI=1S/C27H30N8/c1-16-25(17(2)35(4)33-16)19-12-21-23(14-29-26(21)28-13-19)18-5-6-24-22(11-18)27(31-15-30-24)32-20-7-9-34(3)10-8-20/h5-6,11-15,20H,7-10H2,1-4H3,(H,28,29)(H,30,31,32). The Morgan fingerprint density at radius 2 is 1.77 bits per heavy atom. The van der Waals surface area contributed by atoms with Crippen LogP contribution in [0.5, 0.6) is 0 Å². The van der Waals surface area contributed by atoms with Crippen molar-refractivity contribution in [1.82, 2.24) is 34.6 Å². The minimum Gasteiger partial charge on any atom is -0.367 e. The van der Waals surface area contributed by atoms with Gasteiger partial charge in [-0.1, -0.05) is 6.07 Å². The number of fused-ring (bicyclic) bond motifs is 2. The van der Waals surface area contributed by atoms with Gasteiger partial charge in [0, 0.05) is 58.6 Å². The SMILES string of the molecule is Cc1nn(C)c(C)c1-c1cnc2[nH]cc(-c3ccc4ncnc(NC5CCN(C)CC5)c4c3)c2c1. The first-order valence-electron chi connectivity index (χ1n) is 12.2. The van der Waals surface area contributed by atoms with Gasteiger partial charge in [0.15, 0.2) is 0 Å². The maximum atomic E-state index is 4.72. The second-order valence-electron chi connectivity index (χ2n) is 9.67. The Hall–Kier alpha value is -3.78. The molecule has 5 heterocycles. The number of hydrogen-bond donors (Lipinski definition) is 2. The molecule has 178 valence electrons. The predicted octanol–water partition coefficient (Wildman–Crippen LogP) is 4.70. The van der Waals surface area contributed by atoms with Gasteiger partial charge in [-0.25, -0.2) is 15.0 Å². The summed E-state index contributed by atoms with van der Waals surface area (Å²) in [5, 5.41) is 10.4. The van der Waals surface area contributed by atoms with Crippen molar-refractivity contribution in [2.45, 2.75) is 32.7 Å². The van der Waals surface area contributed by atoms with Crippen molar-refractivity contribution in [3.8, 4) is 22.3 Å². The lowest BCUT2D eigenvalue weighted by Crippen LogP contribution is -2.36. The predicted molar refractivity (Wildman–Crippen MR) is 140 cm³/mol. The highest BCUT2D eigenvalue weighted by Crippen LogP contribution is 2.35. The first kappa shape index (κ1) is 21.7. The summed E-state index contributed by atoms with van der Waals surface area (Å²) in [6.45, 7) is 6.35. The van der Waals surface area contributed by atoms with Gasteiger partial charge in [-0.15, -0.1) is 0 Å². The minimum atomic E-state index is 0.429. The van der Waals surface area contributed by atoms with Crippen LogP contribution in [-0.2, 0) is 7.05 Å². The summed E-state index contributed by atoms with van der Waals surface area (Å²) in [5.41, 5.74) is 8.41. The van der Waals surface area contributed by atoms with Gasteiger partial charge in [0.25, 0.3) is 0 Å². The Bertz CT molecular complexity index is 1540. The van der Waals surface area contributed by atoms with Gasteiger partial charge in [-0.3, -0.25) is 4.68 Å². The van der Waals surface area contributed by atoms with Crippen molar-refractivity contribution < 1.29 is 0 Å². The molecule has 0 atom stereocenters. The third kappa shape index (κ3) is 3.83. The van der Waals surface area contributed by atoms with Gasteiger partial charge >= 0.3 is 0 Å². The molecule has 5 aromatic rings. The third-order valence-electron chi connectivity index (χ3n) is 7.33. The molecule has 8 heteroatoms. The third-order valence-corrected chi connectivity index (χ3v) is 7.33. The molecule has 0 radical (unpaired) electrons. The Morgan fingerprint density at radius 3 is 2.54 bits per heavy atom. The van der Waals surface area contributed by atoms with Gasteiger partial charge in [-0.05, 0) is 70.6 Å². The van der Waals surface area contributed by atoms with E-state index in [0.717, 1.165) is 87.3 Å². The Morgan fingerprint density at radius 1 is 0.971 bits per heavy atom. The van der Waals surface area contributed by atoms with Crippen LogP contribution in [0.3, 0.4) is 0 Å². The van der Waals surface area contributed by atoms with Gasteiger partial charge < -0.3 is 15.2 Å². The summed E-state index contributed by atoms with van der Waals surface area (Å²) in [4.78, 5) is 19.6. The second kappa shape index (κ2) is 8.46. The van der Waals surface area contributed by atoms with Crippen molar-refractivity contribution >= 4 is 27.8 Å². The highest BCUT2D eigenvalue weighted by atomic mass is 15.3. The lowest BCUT2D eigenvalue weighted by molar-refractivity contribution is 0.264. The average molecular weight is 467 g/mol. The molecule has 1 aromatic carbocycles. The minimum absolute atomic E-state index is 0.429. The maximum absolute atomic E-state index is 4.72. The molecule has 1 fully saturated rings. The number of rotatable bonds is 4. The van der Waals surface area contributed by atoms with Crippen molar-refractivity contribution in [2.75, 3.05) is 25.5 Å². The molecule has 0 unspecified atom stereocenters. The first-order valence-corrected chi connectivity index (χ1v) is 12.2. The molecule has 35 heavy (non-hydrogen) atoms. The van der Waals surface area contributed by atoms with Crippen molar-refractivity contribution in [1.29, 1.82) is 0 Å². The summed E-state index contributed by atoms with van der Waals surface area (Å²) < 4.78 is 1.93. The van der Waals surface area contributed by atoms with E-state index in [1.807, 2.05) is 31.0 Å². The molecule has 6 rings (SSSR count). The molecule has 1 aliphatic heterocycles. The second-order valence-corrected chi connectivity index (χ2v) is 9.67. The number of H-pyrrole nitrogens is 1. The number of aromatic nitrogens is 6. The van der Waals surface area contributed by atoms with Crippen LogP contribution in [0.15, 0.2) is 43.0 Å². The van der Waals surface area contributed by atoms with Crippen LogP contribution in [0.2, 0.25) is 0 Å². The Kier molecular flexibility index (Phi) is 5.25. The fraction of sp³-hybridized carbons (Fsp3) is 0.333. The van der Waals surface area contributed by atoms with Gasteiger partial charge in [0.05, 0.1) is 11.2 Å². The van der Waals surface area contributed by atoms with E-state index in [1.165, 1.54) is 0 Å². The molecular weight excluding hydrogens is 436 g/mol. The van der Waals surface area contributed by atoms with Crippen LogP contribution >= 0.6 is 0 Å². The fourth-order valence-electron chi connectivity index (χ4n) is 5.26. The summed E-state index contributed by atoms with van der Waals surface area (Å²) in [6, 6.07) is 9.05. The van der Waals surface area contributed by atoms with E-state index in [2.05, 4.69) is 68.5 Å². The lowest BCUT2D eigenvalue weighted by Gasteiger charge is -2.30. The summed E-state index contributed by atoms with van der Waals surface area (Å²) >= 11 is 0. The van der Waals surface area contributed by atoms with Crippen LogP contribution in [0.1, 0.15) is 24.2 Å². The highest BCUT2D eigenvalue weighted by molar-refractivity contribution is 6.00. The number of pyridine rings is 1. The van der Waals surface area contributed by atoms with Gasteiger partial charge in [-0.2, -0.15) is 5.10 Å². The lowest BCUT2D eigenvalue weighted by atomic mass is 10.00. The van der Waals surface area contributed by atoms with E-state index in [1.54, 1.807) is 6.33 Å². The topological polar surface area (TPSA) is 87.5 Å². The largest absolute Gasteiger partial charge is 0.367 e. The summed E-state index contributed by atoms with van der Waals surface area (Å²) in [5.74, 6) is 0.909. The number of hydrogen-bond acceptors (Lipinski definition) is 6. The van der Waals surface area contributed by atoms with E-state index in [-0.39, 0.29) is 0 Å². The van der Waals surface area contributed by atoms with E-state index in [9.17, 15) is 0 Å². The molecule has 0 spiro atoms. The zero-order chi connectivity index (χ0) is 24.1. The van der Waals surface area contributed by atoms with Crippen LogP contribution in [0.4, 0.5) is 5.82 Å². The normalized spacial score (nSPS) is 15.3. The number of nitrogens with zero attached hydrogens (tertiary/aromatic N) is 6. The molecule has 1 saturated heterocycles. The summed E-state index contributed by atoms with van der Waals surface area (Å²) in [6.07, 6.45) is 7.86. The zero-order valence-corrected chi connectivity index (χ0v) is 20.6. The average Bonchev–Trinajstić information content (AvgIpc) is 3.39. The van der Waals surface area contributed by atoms with E-state index in [0.29, 0.717) is 6.04 Å². The van der Waals surface area contributed by atoms with E-state index >= 15 is 0 Å². The number of anilines is 1. The first-order chi connectivity index (χ1) is 17.0. The molecule has 4 aromatic heterocycles. The van der Waals surface area contributed by atoms with Gasteiger partial charge in [0.1, 0.15) is 17.8 Å². The maximum Gasteiger partial charge on any atom is 0.137 e. The molecule has 2 N–H and O–H groups in total. The smallest absolute Gasteiger partial charge is 0.137 e. The molecule has 0 saturated carbocycles. The van der Waals surface area contributed by atoms with Crippen LogP contribution in [0.25, 0.3) is 44.2 Å². The highest BCUT2D eigenvalue weighted by Gasteiger charge is 2.19. The number of aromatic amines is 1. The van der Waals surface area contributed by atoms with Gasteiger partial charge in [0.2, 0.25) is 0 Å². The molecule has 1 aliphatic rings. The number of aryl methyl sites for hydroxylation is 2. The molecule has 0 amide bonds.